The molecule has 0 saturated heterocycles. The highest BCUT2D eigenvalue weighted by Crippen LogP contribution is 2.37. The van der Waals surface area contributed by atoms with Crippen molar-refractivity contribution in [3.05, 3.63) is 182 Å². The van der Waals surface area contributed by atoms with Crippen LogP contribution < -0.4 is 10.2 Å². The fourth-order valence-corrected chi connectivity index (χ4v) is 4.85. The molecule has 208 valence electrons. The van der Waals surface area contributed by atoms with E-state index in [1.165, 1.54) is 6.07 Å². The van der Waals surface area contributed by atoms with Crippen molar-refractivity contribution in [1.82, 2.24) is 5.32 Å². The number of rotatable bonds is 11. The van der Waals surface area contributed by atoms with Gasteiger partial charge in [-0.1, -0.05) is 126 Å². The largest absolute Gasteiger partial charge is 0.349 e. The fraction of sp³-hybridized carbons (Fsp3) is 0.0606. The maximum Gasteiger partial charge on any atom is 0.321 e. The van der Waals surface area contributed by atoms with Crippen LogP contribution in [0.25, 0.3) is 0 Å². The van der Waals surface area contributed by atoms with Crippen LogP contribution >= 0.6 is 0 Å². The smallest absolute Gasteiger partial charge is 0.321 e. The van der Waals surface area contributed by atoms with Crippen molar-refractivity contribution in [1.29, 1.82) is 0 Å². The fourth-order valence-electron chi connectivity index (χ4n) is 4.85. The van der Waals surface area contributed by atoms with E-state index in [9.17, 15) is 20.2 Å². The van der Waals surface area contributed by atoms with Gasteiger partial charge in [-0.3, -0.25) is 25.5 Å². The van der Waals surface area contributed by atoms with Crippen molar-refractivity contribution in [2.45, 2.75) is 5.54 Å². The van der Waals surface area contributed by atoms with Crippen molar-refractivity contribution < 1.29 is 14.7 Å². The molecule has 0 fully saturated rings. The third kappa shape index (κ3) is 5.91. The lowest BCUT2D eigenvalue weighted by Gasteiger charge is -2.37. The molecular weight excluding hydrogens is 532 g/mol. The molecule has 0 aliphatic heterocycles. The average molecular weight is 559 g/mol. The molecule has 0 saturated carbocycles. The molecule has 0 atom stereocenters. The number of nitro groups is 2. The average Bonchev–Trinajstić information content (AvgIpc) is 3.04. The van der Waals surface area contributed by atoms with Crippen molar-refractivity contribution in [2.75, 3.05) is 6.54 Å². The summed E-state index contributed by atoms with van der Waals surface area (Å²) in [6, 6.07) is 42.7. The van der Waals surface area contributed by atoms with E-state index in [2.05, 4.69) is 46.9 Å². The van der Waals surface area contributed by atoms with Gasteiger partial charge in [0.05, 0.1) is 21.5 Å². The van der Waals surface area contributed by atoms with E-state index in [-0.39, 0.29) is 12.3 Å². The van der Waals surface area contributed by atoms with Crippen LogP contribution in [0.3, 0.4) is 0 Å². The van der Waals surface area contributed by atoms with E-state index in [0.29, 0.717) is 5.71 Å². The van der Waals surface area contributed by atoms with Gasteiger partial charge >= 0.3 is 5.69 Å². The van der Waals surface area contributed by atoms with Gasteiger partial charge in [-0.25, -0.2) is 0 Å². The number of nitrogens with zero attached hydrogens (tertiary/aromatic N) is 3. The normalized spacial score (nSPS) is 11.6. The summed E-state index contributed by atoms with van der Waals surface area (Å²) >= 11 is 0. The molecule has 42 heavy (non-hydrogen) atoms. The Morgan fingerprint density at radius 3 is 1.60 bits per heavy atom. The minimum Gasteiger partial charge on any atom is -0.349 e. The van der Waals surface area contributed by atoms with Crippen LogP contribution in [-0.2, 0) is 5.54 Å². The molecule has 5 aromatic rings. The molecule has 0 aliphatic rings. The van der Waals surface area contributed by atoms with Gasteiger partial charge in [-0.2, -0.15) is 0 Å². The first-order valence-electron chi connectivity index (χ1n) is 13.1. The Kier molecular flexibility index (Phi) is 8.41. The Labute approximate surface area is 242 Å². The molecule has 1 N–H and O–H groups in total. The van der Waals surface area contributed by atoms with Crippen molar-refractivity contribution >= 4 is 17.1 Å². The molecule has 0 aromatic heterocycles. The lowest BCUT2D eigenvalue weighted by atomic mass is 9.77. The maximum atomic E-state index is 11.7. The topological polar surface area (TPSA) is 120 Å². The Morgan fingerprint density at radius 1 is 0.667 bits per heavy atom. The van der Waals surface area contributed by atoms with E-state index in [0.717, 1.165) is 34.4 Å². The molecule has 5 rings (SSSR count). The zero-order chi connectivity index (χ0) is 29.4. The van der Waals surface area contributed by atoms with E-state index >= 15 is 0 Å². The molecule has 9 nitrogen and oxygen atoms in total. The lowest BCUT2D eigenvalue weighted by molar-refractivity contribution is -0.394. The van der Waals surface area contributed by atoms with Crippen LogP contribution in [0.15, 0.2) is 145 Å². The predicted molar refractivity (Wildman–Crippen MR) is 161 cm³/mol. The highest BCUT2D eigenvalue weighted by atomic mass is 16.7. The van der Waals surface area contributed by atoms with Crippen molar-refractivity contribution in [2.24, 2.45) is 5.16 Å². The van der Waals surface area contributed by atoms with Gasteiger partial charge in [-0.05, 0) is 22.8 Å². The molecule has 0 spiro atoms. The highest BCUT2D eigenvalue weighted by molar-refractivity contribution is 6.02. The summed E-state index contributed by atoms with van der Waals surface area (Å²) in [4.78, 5) is 27.0. The third-order valence-electron chi connectivity index (χ3n) is 6.85. The van der Waals surface area contributed by atoms with Crippen LogP contribution in [0.4, 0.5) is 11.4 Å². The van der Waals surface area contributed by atoms with Gasteiger partial charge in [0.2, 0.25) is 5.75 Å². The summed E-state index contributed by atoms with van der Waals surface area (Å²) in [6.07, 6.45) is 0. The first kappa shape index (κ1) is 27.9. The molecular formula is C33H26N4O5. The minimum absolute atomic E-state index is 0.198. The molecule has 0 unspecified atom stereocenters. The van der Waals surface area contributed by atoms with Gasteiger partial charge < -0.3 is 4.84 Å². The number of oxime groups is 1. The summed E-state index contributed by atoms with van der Waals surface area (Å²) in [7, 11) is 0. The molecule has 0 radical (unpaired) electrons. The van der Waals surface area contributed by atoms with Crippen LogP contribution in [0.2, 0.25) is 0 Å². The number of hydrogen-bond acceptors (Lipinski definition) is 7. The van der Waals surface area contributed by atoms with Crippen molar-refractivity contribution in [3.63, 3.8) is 0 Å². The Hall–Kier alpha value is -5.67. The van der Waals surface area contributed by atoms with Gasteiger partial charge in [-0.15, -0.1) is 0 Å². The molecule has 9 heteroatoms. The zero-order valence-corrected chi connectivity index (χ0v) is 22.4. The van der Waals surface area contributed by atoms with Crippen LogP contribution in [0, 0.1) is 20.2 Å². The van der Waals surface area contributed by atoms with Crippen molar-refractivity contribution in [3.8, 4) is 5.75 Å². The van der Waals surface area contributed by atoms with Crippen LogP contribution in [0.5, 0.6) is 5.75 Å². The van der Waals surface area contributed by atoms with Gasteiger partial charge in [0.25, 0.3) is 5.69 Å². The van der Waals surface area contributed by atoms with Gasteiger partial charge in [0.1, 0.15) is 5.71 Å². The number of nitrogens with one attached hydrogen (secondary N) is 1. The summed E-state index contributed by atoms with van der Waals surface area (Å²) in [5.41, 5.74) is 2.44. The van der Waals surface area contributed by atoms with Crippen LogP contribution in [-0.4, -0.2) is 22.1 Å². The van der Waals surface area contributed by atoms with Crippen LogP contribution in [0.1, 0.15) is 22.3 Å². The maximum absolute atomic E-state index is 11.7. The van der Waals surface area contributed by atoms with E-state index in [4.69, 9.17) is 4.84 Å². The Bertz CT molecular complexity index is 1600. The standard InChI is InChI=1S/C33H26N4O5/c38-36(39)29-21-22-32(31(23-29)37(40)41)42-35-30(25-13-5-1-6-14-25)24-34-33(26-15-7-2-8-16-26,27-17-9-3-10-18-27)28-19-11-4-12-20-28/h1-23,34H,24H2. The SMILES string of the molecule is O=[N+]([O-])c1ccc(ON=C(CNC(c2ccccc2)(c2ccccc2)c2ccccc2)c2ccccc2)c([N+](=O)[O-])c1. The first-order valence-corrected chi connectivity index (χ1v) is 13.1. The Balaban J connectivity index is 1.60. The summed E-state index contributed by atoms with van der Waals surface area (Å²) in [5.74, 6) is -0.209. The lowest BCUT2D eigenvalue weighted by Crippen LogP contribution is -2.47. The second kappa shape index (κ2) is 12.7. The number of non-ortho nitro benzene ring substituents is 1. The second-order valence-corrected chi connectivity index (χ2v) is 9.36. The number of benzene rings is 5. The van der Waals surface area contributed by atoms with E-state index < -0.39 is 26.8 Å². The molecule has 0 aliphatic carbocycles. The number of nitro benzene ring substituents is 2. The highest BCUT2D eigenvalue weighted by Gasteiger charge is 2.36. The monoisotopic (exact) mass is 558 g/mol. The summed E-state index contributed by atoms with van der Waals surface area (Å²) in [6.45, 7) is 0.198. The van der Waals surface area contributed by atoms with Gasteiger partial charge in [0.15, 0.2) is 0 Å². The Morgan fingerprint density at radius 2 is 1.14 bits per heavy atom. The van der Waals surface area contributed by atoms with Gasteiger partial charge in [0, 0.05) is 18.2 Å². The molecule has 0 heterocycles. The predicted octanol–water partition coefficient (Wildman–Crippen LogP) is 6.87. The second-order valence-electron chi connectivity index (χ2n) is 9.36. The molecule has 5 aromatic carbocycles. The quantitative estimate of drug-likeness (QED) is 0.0818. The molecule has 0 amide bonds. The number of hydrogen-bond donors (Lipinski definition) is 1. The minimum atomic E-state index is -0.793. The summed E-state index contributed by atoms with van der Waals surface area (Å²) in [5, 5.41) is 30.9. The van der Waals surface area contributed by atoms with E-state index in [1.807, 2.05) is 84.9 Å². The first-order chi connectivity index (χ1) is 20.5. The summed E-state index contributed by atoms with van der Waals surface area (Å²) < 4.78 is 0. The third-order valence-corrected chi connectivity index (χ3v) is 6.85. The molecule has 0 bridgehead atoms. The van der Waals surface area contributed by atoms with E-state index in [1.54, 1.807) is 0 Å². The zero-order valence-electron chi connectivity index (χ0n) is 22.4.